The third kappa shape index (κ3) is 8.31. The van der Waals surface area contributed by atoms with Crippen molar-refractivity contribution in [3.05, 3.63) is 0 Å². The third-order valence-corrected chi connectivity index (χ3v) is 2.52. The second-order valence-electron chi connectivity index (χ2n) is 1.26. The molecule has 0 saturated carbocycles. The van der Waals surface area contributed by atoms with Crippen LogP contribution in [0.2, 0.25) is 0 Å². The highest BCUT2D eigenvalue weighted by molar-refractivity contribution is 6.42. The van der Waals surface area contributed by atoms with E-state index in [9.17, 15) is 0 Å². The highest BCUT2D eigenvalue weighted by atomic mass is 28.3. The Morgan fingerprint density at radius 1 is 1.00 bits per heavy atom. The molecule has 0 amide bonds. The van der Waals surface area contributed by atoms with Gasteiger partial charge in [-0.1, -0.05) is 0 Å². The van der Waals surface area contributed by atoms with Gasteiger partial charge in [-0.2, -0.15) is 0 Å². The molecule has 0 heterocycles. The molecule has 0 rings (SSSR count). The van der Waals surface area contributed by atoms with Gasteiger partial charge < -0.3 is 13.6 Å². The lowest BCUT2D eigenvalue weighted by atomic mass is 11.5. The Labute approximate surface area is 60.6 Å². The summed E-state index contributed by atoms with van der Waals surface area (Å²) in [5.41, 5.74) is 0. The smallest absolute Gasteiger partial charge is 0.244 e. The average Bonchev–Trinajstić information content (AvgIpc) is 1.89. The molecule has 0 unspecified atom stereocenters. The fourth-order valence-corrected chi connectivity index (χ4v) is 1.34. The first-order valence-corrected chi connectivity index (χ1v) is 4.74. The number of hydrogen-bond acceptors (Lipinski definition) is 3. The van der Waals surface area contributed by atoms with Crippen molar-refractivity contribution in [3.63, 3.8) is 0 Å². The van der Waals surface area contributed by atoms with Gasteiger partial charge >= 0.3 is 0 Å². The number of hydrogen-bond donors (Lipinski definition) is 0. The van der Waals surface area contributed by atoms with Crippen LogP contribution in [-0.4, -0.2) is 46.2 Å². The predicted molar refractivity (Wildman–Crippen MR) is 36.3 cm³/mol. The maximum atomic E-state index is 5.12. The lowest BCUT2D eigenvalue weighted by molar-refractivity contribution is 0.234. The van der Waals surface area contributed by atoms with Crippen LogP contribution in [0.5, 0.6) is 0 Å². The molecule has 0 aliphatic carbocycles. The van der Waals surface area contributed by atoms with E-state index in [2.05, 4.69) is 0 Å². The average molecular weight is 162 g/mol. The largest absolute Gasteiger partial charge is 0.454 e. The molecule has 0 N–H and O–H groups in total. The second-order valence-corrected chi connectivity index (χ2v) is 3.23. The molecule has 3 nitrogen and oxygen atoms in total. The first-order chi connectivity index (χ1) is 4.41. The molecule has 0 spiro atoms. The van der Waals surface area contributed by atoms with Gasteiger partial charge in [0.15, 0.2) is 0 Å². The summed E-state index contributed by atoms with van der Waals surface area (Å²) in [6, 6.07) is 0. The van der Waals surface area contributed by atoms with E-state index in [0.29, 0.717) is 32.0 Å². The summed E-state index contributed by atoms with van der Waals surface area (Å²) in [7, 11) is 4.23. The fraction of sp³-hybridized carbons (Fsp3) is 1.00. The Bertz CT molecular complexity index is 47.1. The minimum absolute atomic E-state index is 0.452. The minimum atomic E-state index is 0.452. The quantitative estimate of drug-likeness (QED) is 0.387. The molecule has 0 saturated heterocycles. The van der Waals surface area contributed by atoms with Crippen LogP contribution < -0.4 is 0 Å². The molecular weight excluding hydrogens is 152 g/mol. The van der Waals surface area contributed by atoms with Crippen LogP contribution in [-0.2, 0) is 13.6 Å². The van der Waals surface area contributed by atoms with E-state index in [1.165, 1.54) is 0 Å². The van der Waals surface area contributed by atoms with Crippen molar-refractivity contribution in [2.45, 2.75) is 0 Å². The van der Waals surface area contributed by atoms with E-state index in [-0.39, 0.29) is 0 Å². The molecule has 0 aliphatic heterocycles. The molecule has 5 heteroatoms. The Kier molecular flexibility index (Phi) is 8.60. The van der Waals surface area contributed by atoms with Gasteiger partial charge in [0.25, 0.3) is 0 Å². The summed E-state index contributed by atoms with van der Waals surface area (Å²) in [5, 5.41) is 0. The Morgan fingerprint density at radius 3 is 1.78 bits per heavy atom. The summed E-state index contributed by atoms with van der Waals surface area (Å²) in [4.78, 5) is 0. The van der Waals surface area contributed by atoms with Crippen LogP contribution in [0.15, 0.2) is 0 Å². The van der Waals surface area contributed by atoms with Crippen molar-refractivity contribution < 1.29 is 13.6 Å². The van der Waals surface area contributed by atoms with Crippen LogP contribution in [0.4, 0.5) is 0 Å². The van der Waals surface area contributed by atoms with Crippen LogP contribution in [0.25, 0.3) is 0 Å². The summed E-state index contributed by atoms with van der Waals surface area (Å²) in [5.74, 6) is 0. The monoisotopic (exact) mass is 162 g/mol. The van der Waals surface area contributed by atoms with Gasteiger partial charge in [0.2, 0.25) is 19.5 Å². The van der Waals surface area contributed by atoms with Gasteiger partial charge in [0.05, 0.1) is 12.5 Å². The molecule has 0 fully saturated rings. The van der Waals surface area contributed by atoms with Gasteiger partial charge in [0.1, 0.15) is 0 Å². The summed E-state index contributed by atoms with van der Waals surface area (Å²) in [6.07, 6.45) is 1.38. The lowest BCUT2D eigenvalue weighted by Gasteiger charge is -1.97. The van der Waals surface area contributed by atoms with Crippen molar-refractivity contribution in [3.8, 4) is 0 Å². The first-order valence-electron chi connectivity index (χ1n) is 2.51. The Balaban J connectivity index is 2.60. The van der Waals surface area contributed by atoms with Gasteiger partial charge in [-0.3, -0.25) is 0 Å². The fourth-order valence-electron chi connectivity index (χ4n) is 0.228. The number of ether oxygens (including phenoxy) is 2. The van der Waals surface area contributed by atoms with Crippen molar-refractivity contribution in [1.82, 2.24) is 0 Å². The maximum absolute atomic E-state index is 5.12. The molecule has 52 valence electrons. The summed E-state index contributed by atoms with van der Waals surface area (Å²) < 4.78 is 14.7. The van der Waals surface area contributed by atoms with Crippen molar-refractivity contribution in [2.75, 3.05) is 26.7 Å². The molecule has 0 atom stereocenters. The predicted octanol–water partition coefficient (Wildman–Crippen LogP) is -0.551. The molecule has 0 aromatic carbocycles. The van der Waals surface area contributed by atoms with E-state index < -0.39 is 0 Å². The third-order valence-electron chi connectivity index (χ3n) is 0.551. The Morgan fingerprint density at radius 2 is 1.44 bits per heavy atom. The maximum Gasteiger partial charge on any atom is 0.244 e. The van der Waals surface area contributed by atoms with Gasteiger partial charge in [-0.15, -0.1) is 0 Å². The van der Waals surface area contributed by atoms with E-state index in [1.807, 2.05) is 0 Å². The highest BCUT2D eigenvalue weighted by Gasteiger charge is 1.90. The van der Waals surface area contributed by atoms with Gasteiger partial charge in [0, 0.05) is 14.2 Å². The van der Waals surface area contributed by atoms with Crippen LogP contribution in [0.1, 0.15) is 0 Å². The molecule has 0 aliphatic rings. The van der Waals surface area contributed by atoms with E-state index in [0.717, 1.165) is 0 Å². The first kappa shape index (κ1) is 9.31. The second kappa shape index (κ2) is 8.31. The summed E-state index contributed by atoms with van der Waals surface area (Å²) >= 11 is 0. The molecular formula is C4H10O3Si2. The number of rotatable bonds is 6. The van der Waals surface area contributed by atoms with E-state index >= 15 is 0 Å². The standard InChI is InChI=1S/C4H10O3Si2/c1-5-3-8-7-9-4-6-2/h3-4H2,1-2H3. The lowest BCUT2D eigenvalue weighted by Crippen LogP contribution is -2.13. The van der Waals surface area contributed by atoms with Crippen molar-refractivity contribution >= 4 is 19.5 Å². The molecule has 9 heavy (non-hydrogen) atoms. The zero-order chi connectivity index (χ0) is 6.95. The van der Waals surface area contributed by atoms with Gasteiger partial charge in [-0.25, -0.2) is 0 Å². The molecule has 0 bridgehead atoms. The minimum Gasteiger partial charge on any atom is -0.454 e. The molecule has 4 radical (unpaired) electrons. The van der Waals surface area contributed by atoms with E-state index in [1.54, 1.807) is 14.2 Å². The topological polar surface area (TPSA) is 27.7 Å². The van der Waals surface area contributed by atoms with E-state index in [4.69, 9.17) is 13.6 Å². The molecule has 0 aromatic heterocycles. The summed E-state index contributed by atoms with van der Waals surface area (Å²) in [6.45, 7) is 0. The van der Waals surface area contributed by atoms with Crippen LogP contribution in [0, 0.1) is 0 Å². The number of methoxy groups -OCH3 is 2. The normalized spacial score (nSPS) is 10.0. The van der Waals surface area contributed by atoms with Crippen LogP contribution in [0.3, 0.4) is 0 Å². The zero-order valence-corrected chi connectivity index (χ0v) is 7.64. The Hall–Kier alpha value is 0.314. The van der Waals surface area contributed by atoms with Crippen molar-refractivity contribution in [1.29, 1.82) is 0 Å². The van der Waals surface area contributed by atoms with Crippen LogP contribution >= 0.6 is 0 Å². The molecule has 0 aromatic rings. The van der Waals surface area contributed by atoms with Crippen molar-refractivity contribution in [2.24, 2.45) is 0 Å². The van der Waals surface area contributed by atoms with Gasteiger partial charge in [-0.05, 0) is 0 Å². The zero-order valence-electron chi connectivity index (χ0n) is 5.64. The highest BCUT2D eigenvalue weighted by Crippen LogP contribution is 1.69. The SMILES string of the molecule is COC[Si]O[Si]COC.